The Morgan fingerprint density at radius 2 is 2.12 bits per heavy atom. The van der Waals surface area contributed by atoms with Gasteiger partial charge in [-0.15, -0.1) is 10.2 Å². The van der Waals surface area contributed by atoms with Gasteiger partial charge in [-0.3, -0.25) is 4.79 Å². The van der Waals surface area contributed by atoms with E-state index >= 15 is 0 Å². The lowest BCUT2D eigenvalue weighted by Gasteiger charge is -2.04. The Morgan fingerprint density at radius 3 is 2.76 bits per heavy atom. The molecule has 0 atom stereocenters. The lowest BCUT2D eigenvalue weighted by Crippen LogP contribution is -2.12. The van der Waals surface area contributed by atoms with E-state index in [1.807, 2.05) is 0 Å². The predicted octanol–water partition coefficient (Wildman–Crippen LogP) is 2.94. The molecule has 0 unspecified atom stereocenters. The summed E-state index contributed by atoms with van der Waals surface area (Å²) in [6.07, 6.45) is 0. The molecular formula is C10H7Cl2N3O2. The van der Waals surface area contributed by atoms with Crippen LogP contribution in [0.3, 0.4) is 0 Å². The Morgan fingerprint density at radius 1 is 1.35 bits per heavy atom. The molecule has 1 aromatic carbocycles. The third kappa shape index (κ3) is 2.75. The zero-order valence-electron chi connectivity index (χ0n) is 8.70. The van der Waals surface area contributed by atoms with Gasteiger partial charge >= 0.3 is 11.8 Å². The molecule has 0 radical (unpaired) electrons. The van der Waals surface area contributed by atoms with Gasteiger partial charge in [-0.1, -0.05) is 23.2 Å². The molecule has 0 fully saturated rings. The Bertz CT molecular complexity index is 568. The van der Waals surface area contributed by atoms with E-state index in [0.29, 0.717) is 21.6 Å². The van der Waals surface area contributed by atoms with Crippen LogP contribution in [-0.2, 0) is 0 Å². The monoisotopic (exact) mass is 271 g/mol. The highest BCUT2D eigenvalue weighted by atomic mass is 35.5. The van der Waals surface area contributed by atoms with Gasteiger partial charge in [0, 0.05) is 11.9 Å². The minimum Gasteiger partial charge on any atom is -0.417 e. The average Bonchev–Trinajstić information content (AvgIpc) is 2.70. The minimum absolute atomic E-state index is 0.126. The van der Waals surface area contributed by atoms with Crippen molar-refractivity contribution in [2.75, 3.05) is 5.32 Å². The van der Waals surface area contributed by atoms with E-state index in [2.05, 4.69) is 15.5 Å². The molecule has 1 N–H and O–H groups in total. The topological polar surface area (TPSA) is 68.0 Å². The van der Waals surface area contributed by atoms with Crippen LogP contribution in [0, 0.1) is 6.92 Å². The Balaban J connectivity index is 2.21. The molecule has 1 amide bonds. The first-order chi connectivity index (χ1) is 8.06. The van der Waals surface area contributed by atoms with E-state index in [-0.39, 0.29) is 5.89 Å². The van der Waals surface area contributed by atoms with Crippen molar-refractivity contribution in [3.05, 3.63) is 40.0 Å². The van der Waals surface area contributed by atoms with Crippen molar-refractivity contribution in [3.8, 4) is 0 Å². The van der Waals surface area contributed by atoms with Crippen molar-refractivity contribution in [1.82, 2.24) is 10.2 Å². The number of aromatic nitrogens is 2. The summed E-state index contributed by atoms with van der Waals surface area (Å²) in [5, 5.41) is 10.5. The fourth-order valence-electron chi connectivity index (χ4n) is 1.16. The molecule has 2 rings (SSSR count). The second-order valence-corrected chi connectivity index (χ2v) is 4.05. The van der Waals surface area contributed by atoms with Crippen LogP contribution in [0.5, 0.6) is 0 Å². The van der Waals surface area contributed by atoms with Gasteiger partial charge in [-0.25, -0.2) is 0 Å². The SMILES string of the molecule is Cc1nnc(C(=O)Nc2cc(Cl)ccc2Cl)o1. The number of benzene rings is 1. The van der Waals surface area contributed by atoms with Gasteiger partial charge in [0.1, 0.15) is 0 Å². The van der Waals surface area contributed by atoms with Crippen molar-refractivity contribution in [1.29, 1.82) is 0 Å². The molecular weight excluding hydrogens is 265 g/mol. The highest BCUT2D eigenvalue weighted by molar-refractivity contribution is 6.35. The van der Waals surface area contributed by atoms with Gasteiger partial charge < -0.3 is 9.73 Å². The van der Waals surface area contributed by atoms with Crippen molar-refractivity contribution in [3.63, 3.8) is 0 Å². The minimum atomic E-state index is -0.533. The highest BCUT2D eigenvalue weighted by Crippen LogP contribution is 2.25. The van der Waals surface area contributed by atoms with Gasteiger partial charge in [-0.2, -0.15) is 0 Å². The van der Waals surface area contributed by atoms with E-state index in [4.69, 9.17) is 27.6 Å². The summed E-state index contributed by atoms with van der Waals surface area (Å²) < 4.78 is 4.98. The largest absolute Gasteiger partial charge is 0.417 e. The molecule has 0 saturated carbocycles. The fourth-order valence-corrected chi connectivity index (χ4v) is 1.49. The number of amides is 1. The number of carbonyl (C=O) groups is 1. The number of hydrogen-bond acceptors (Lipinski definition) is 4. The number of nitrogens with zero attached hydrogens (tertiary/aromatic N) is 2. The summed E-state index contributed by atoms with van der Waals surface area (Å²) in [6, 6.07) is 4.74. The van der Waals surface area contributed by atoms with Crippen molar-refractivity contribution in [2.24, 2.45) is 0 Å². The number of halogens is 2. The lowest BCUT2D eigenvalue weighted by atomic mass is 10.3. The molecule has 0 saturated heterocycles. The first kappa shape index (κ1) is 11.9. The standard InChI is InChI=1S/C10H7Cl2N3O2/c1-5-14-15-10(17-5)9(16)13-8-4-6(11)2-3-7(8)12/h2-4H,1H3,(H,13,16). The van der Waals surface area contributed by atoms with E-state index < -0.39 is 5.91 Å². The quantitative estimate of drug-likeness (QED) is 0.912. The number of carbonyl (C=O) groups excluding carboxylic acids is 1. The van der Waals surface area contributed by atoms with Crippen LogP contribution in [0.15, 0.2) is 22.6 Å². The van der Waals surface area contributed by atoms with Gasteiger partial charge in [-0.05, 0) is 18.2 Å². The summed E-state index contributed by atoms with van der Waals surface area (Å²) in [5.41, 5.74) is 0.389. The third-order valence-electron chi connectivity index (χ3n) is 1.90. The first-order valence-corrected chi connectivity index (χ1v) is 5.38. The first-order valence-electron chi connectivity index (χ1n) is 4.63. The van der Waals surface area contributed by atoms with Crippen LogP contribution in [0.4, 0.5) is 5.69 Å². The van der Waals surface area contributed by atoms with Crippen molar-refractivity contribution in [2.45, 2.75) is 6.92 Å². The average molecular weight is 272 g/mol. The maximum absolute atomic E-state index is 11.7. The maximum atomic E-state index is 11.7. The number of anilines is 1. The molecule has 5 nitrogen and oxygen atoms in total. The summed E-state index contributed by atoms with van der Waals surface area (Å²) in [6.45, 7) is 1.59. The van der Waals surface area contributed by atoms with Gasteiger partial charge in [0.15, 0.2) is 0 Å². The molecule has 0 aliphatic heterocycles. The second-order valence-electron chi connectivity index (χ2n) is 3.20. The summed E-state index contributed by atoms with van der Waals surface area (Å²) in [5.74, 6) is -0.347. The zero-order chi connectivity index (χ0) is 12.4. The zero-order valence-corrected chi connectivity index (χ0v) is 10.2. The molecule has 1 heterocycles. The van der Waals surface area contributed by atoms with Gasteiger partial charge in [0.25, 0.3) is 0 Å². The number of hydrogen-bond donors (Lipinski definition) is 1. The molecule has 0 aliphatic rings. The maximum Gasteiger partial charge on any atom is 0.313 e. The van der Waals surface area contributed by atoms with Crippen LogP contribution in [0.25, 0.3) is 0 Å². The predicted molar refractivity (Wildman–Crippen MR) is 63.5 cm³/mol. The molecule has 17 heavy (non-hydrogen) atoms. The Kier molecular flexibility index (Phi) is 3.31. The van der Waals surface area contributed by atoms with E-state index in [1.54, 1.807) is 19.1 Å². The summed E-state index contributed by atoms with van der Waals surface area (Å²) in [4.78, 5) is 11.7. The second kappa shape index (κ2) is 4.73. The van der Waals surface area contributed by atoms with Gasteiger partial charge in [0.2, 0.25) is 5.89 Å². The van der Waals surface area contributed by atoms with Crippen LogP contribution in [0.1, 0.15) is 16.6 Å². The number of aryl methyl sites for hydroxylation is 1. The molecule has 0 spiro atoms. The molecule has 88 valence electrons. The van der Waals surface area contributed by atoms with Crippen LogP contribution >= 0.6 is 23.2 Å². The smallest absolute Gasteiger partial charge is 0.313 e. The van der Waals surface area contributed by atoms with Crippen molar-refractivity contribution >= 4 is 34.8 Å². The summed E-state index contributed by atoms with van der Waals surface area (Å²) >= 11 is 11.7. The Hall–Kier alpha value is -1.59. The van der Waals surface area contributed by atoms with E-state index in [1.165, 1.54) is 6.07 Å². The normalized spacial score (nSPS) is 10.3. The molecule has 7 heteroatoms. The van der Waals surface area contributed by atoms with Crippen molar-refractivity contribution < 1.29 is 9.21 Å². The molecule has 0 bridgehead atoms. The van der Waals surface area contributed by atoms with Crippen LogP contribution < -0.4 is 5.32 Å². The number of rotatable bonds is 2. The van der Waals surface area contributed by atoms with E-state index in [9.17, 15) is 4.79 Å². The number of nitrogens with one attached hydrogen (secondary N) is 1. The van der Waals surface area contributed by atoms with E-state index in [0.717, 1.165) is 0 Å². The molecule has 0 aliphatic carbocycles. The van der Waals surface area contributed by atoms with Crippen LogP contribution in [0.2, 0.25) is 10.0 Å². The Labute approximate surface area is 107 Å². The highest BCUT2D eigenvalue weighted by Gasteiger charge is 2.14. The lowest BCUT2D eigenvalue weighted by molar-refractivity contribution is 0.0989. The van der Waals surface area contributed by atoms with Gasteiger partial charge in [0.05, 0.1) is 10.7 Å². The summed E-state index contributed by atoms with van der Waals surface area (Å²) in [7, 11) is 0. The van der Waals surface area contributed by atoms with Crippen LogP contribution in [-0.4, -0.2) is 16.1 Å². The molecule has 2 aromatic rings. The fraction of sp³-hybridized carbons (Fsp3) is 0.100. The molecule has 1 aromatic heterocycles. The third-order valence-corrected chi connectivity index (χ3v) is 2.46.